The van der Waals surface area contributed by atoms with Crippen LogP contribution >= 0.6 is 12.2 Å². The number of thiocarbonyl (C=S) groups is 1. The number of aromatic nitrogens is 1. The number of benzene rings is 3. The summed E-state index contributed by atoms with van der Waals surface area (Å²) in [5.74, 6) is 0.463. The largest absolute Gasteiger partial charge is 0.436 e. The molecule has 10 heteroatoms. The topological polar surface area (TPSA) is 114 Å². The summed E-state index contributed by atoms with van der Waals surface area (Å²) in [6.07, 6.45) is 2.00. The Morgan fingerprint density at radius 2 is 1.85 bits per heavy atom. The normalized spacial score (nSPS) is 13.2. The second-order valence-electron chi connectivity index (χ2n) is 9.89. The Kier molecular flexibility index (Phi) is 7.56. The number of anilines is 1. The summed E-state index contributed by atoms with van der Waals surface area (Å²) in [4.78, 5) is 30.5. The maximum absolute atomic E-state index is 12.7. The summed E-state index contributed by atoms with van der Waals surface area (Å²) < 4.78 is 5.93. The van der Waals surface area contributed by atoms with Gasteiger partial charge in [-0.15, -0.1) is 0 Å². The molecular weight excluding hydrogens is 514 g/mol. The fourth-order valence-electron chi connectivity index (χ4n) is 4.63. The standard InChI is InChI=1S/C29H29N5O4S/c1-18(2)21-10-12-26-23(15-21)31-28(38-26)20-7-5-19(6-8-20)17-30-29(39)32-27(35)22-9-11-24(25(16-22)34(36)37)33-13-3-4-14-33/h5-12,15-16,18H,3-4,13-14,17H2,1-2H3,(H2,30,32,35,39). The number of nitrogens with one attached hydrogen (secondary N) is 2. The average molecular weight is 544 g/mol. The first-order valence-corrected chi connectivity index (χ1v) is 13.3. The number of amides is 1. The molecule has 1 aromatic heterocycles. The van der Waals surface area contributed by atoms with Gasteiger partial charge in [-0.3, -0.25) is 20.2 Å². The van der Waals surface area contributed by atoms with Crippen LogP contribution in [0.2, 0.25) is 0 Å². The van der Waals surface area contributed by atoms with E-state index < -0.39 is 10.8 Å². The van der Waals surface area contributed by atoms with Gasteiger partial charge in [0.25, 0.3) is 11.6 Å². The van der Waals surface area contributed by atoms with Gasteiger partial charge in [-0.25, -0.2) is 4.98 Å². The van der Waals surface area contributed by atoms with Crippen LogP contribution in [0.4, 0.5) is 11.4 Å². The minimum atomic E-state index is -0.504. The van der Waals surface area contributed by atoms with Crippen LogP contribution in [0, 0.1) is 10.1 Å². The van der Waals surface area contributed by atoms with E-state index in [1.165, 1.54) is 11.6 Å². The van der Waals surface area contributed by atoms with E-state index >= 15 is 0 Å². The maximum atomic E-state index is 12.7. The number of hydrogen-bond acceptors (Lipinski definition) is 7. The molecule has 2 heterocycles. The molecule has 1 aliphatic rings. The van der Waals surface area contributed by atoms with Gasteiger partial charge in [0.2, 0.25) is 5.89 Å². The Hall–Kier alpha value is -4.31. The van der Waals surface area contributed by atoms with Gasteiger partial charge in [-0.1, -0.05) is 32.0 Å². The second-order valence-corrected chi connectivity index (χ2v) is 10.3. The zero-order valence-electron chi connectivity index (χ0n) is 21.8. The molecule has 0 bridgehead atoms. The summed E-state index contributed by atoms with van der Waals surface area (Å²) in [7, 11) is 0. The quantitative estimate of drug-likeness (QED) is 0.167. The van der Waals surface area contributed by atoms with Gasteiger partial charge in [-0.2, -0.15) is 0 Å². The van der Waals surface area contributed by atoms with Gasteiger partial charge >= 0.3 is 0 Å². The Balaban J connectivity index is 1.19. The molecule has 0 aliphatic carbocycles. The van der Waals surface area contributed by atoms with Gasteiger partial charge in [0.05, 0.1) is 4.92 Å². The number of nitro groups is 1. The maximum Gasteiger partial charge on any atom is 0.293 e. The van der Waals surface area contributed by atoms with E-state index in [2.05, 4.69) is 41.6 Å². The molecule has 0 atom stereocenters. The second kappa shape index (κ2) is 11.2. The van der Waals surface area contributed by atoms with Crippen LogP contribution in [-0.2, 0) is 6.54 Å². The minimum Gasteiger partial charge on any atom is -0.436 e. The van der Waals surface area contributed by atoms with Gasteiger partial charge in [0.15, 0.2) is 10.7 Å². The molecule has 3 aromatic carbocycles. The van der Waals surface area contributed by atoms with Crippen molar-refractivity contribution in [1.82, 2.24) is 15.6 Å². The van der Waals surface area contributed by atoms with E-state index in [-0.39, 0.29) is 16.4 Å². The van der Waals surface area contributed by atoms with Crippen LogP contribution in [-0.4, -0.2) is 34.0 Å². The third-order valence-corrected chi connectivity index (χ3v) is 7.09. The summed E-state index contributed by atoms with van der Waals surface area (Å²) in [6, 6.07) is 18.3. The van der Waals surface area contributed by atoms with E-state index in [9.17, 15) is 14.9 Å². The van der Waals surface area contributed by atoms with E-state index in [0.29, 0.717) is 24.0 Å². The highest BCUT2D eigenvalue weighted by Crippen LogP contribution is 2.32. The van der Waals surface area contributed by atoms with Gasteiger partial charge in [0.1, 0.15) is 11.2 Å². The highest BCUT2D eigenvalue weighted by molar-refractivity contribution is 7.80. The van der Waals surface area contributed by atoms with Crippen molar-refractivity contribution in [3.63, 3.8) is 0 Å². The fourth-order valence-corrected chi connectivity index (χ4v) is 4.80. The number of carbonyl (C=O) groups is 1. The summed E-state index contributed by atoms with van der Waals surface area (Å²) in [6.45, 7) is 6.22. The van der Waals surface area contributed by atoms with Crippen molar-refractivity contribution < 1.29 is 14.1 Å². The molecule has 5 rings (SSSR count). The molecule has 1 aliphatic heterocycles. The van der Waals surface area contributed by atoms with Crippen LogP contribution in [0.5, 0.6) is 0 Å². The van der Waals surface area contributed by atoms with Gasteiger partial charge in [-0.05, 0) is 78.5 Å². The fraction of sp³-hybridized carbons (Fsp3) is 0.276. The predicted octanol–water partition coefficient (Wildman–Crippen LogP) is 5.93. The summed E-state index contributed by atoms with van der Waals surface area (Å²) in [5.41, 5.74) is 5.23. The van der Waals surface area contributed by atoms with Crippen LogP contribution in [0.3, 0.4) is 0 Å². The van der Waals surface area contributed by atoms with Crippen LogP contribution in [0.25, 0.3) is 22.6 Å². The Morgan fingerprint density at radius 3 is 2.54 bits per heavy atom. The summed E-state index contributed by atoms with van der Waals surface area (Å²) in [5, 5.41) is 17.4. The van der Waals surface area contributed by atoms with Crippen molar-refractivity contribution in [2.24, 2.45) is 0 Å². The Labute approximate surface area is 231 Å². The molecule has 0 spiro atoms. The third kappa shape index (κ3) is 5.91. The highest BCUT2D eigenvalue weighted by Gasteiger charge is 2.24. The van der Waals surface area contributed by atoms with Crippen molar-refractivity contribution >= 4 is 45.7 Å². The number of rotatable bonds is 7. The first-order chi connectivity index (χ1) is 18.8. The lowest BCUT2D eigenvalue weighted by Crippen LogP contribution is -2.38. The molecule has 0 unspecified atom stereocenters. The molecule has 200 valence electrons. The van der Waals surface area contributed by atoms with Crippen molar-refractivity contribution in [2.75, 3.05) is 18.0 Å². The molecule has 39 heavy (non-hydrogen) atoms. The lowest BCUT2D eigenvalue weighted by molar-refractivity contribution is -0.384. The van der Waals surface area contributed by atoms with Gasteiger partial charge < -0.3 is 14.6 Å². The first-order valence-electron chi connectivity index (χ1n) is 12.9. The molecular formula is C29H29N5O4S. The number of oxazole rings is 1. The molecule has 1 amide bonds. The van der Waals surface area contributed by atoms with Crippen LogP contribution < -0.4 is 15.5 Å². The Bertz CT molecular complexity index is 1540. The molecule has 1 fully saturated rings. The molecule has 9 nitrogen and oxygen atoms in total. The number of nitrogens with zero attached hydrogens (tertiary/aromatic N) is 3. The van der Waals surface area contributed by atoms with Gasteiger partial charge in [0, 0.05) is 36.8 Å². The van der Waals surface area contributed by atoms with E-state index in [4.69, 9.17) is 16.6 Å². The van der Waals surface area contributed by atoms with Crippen LogP contribution in [0.1, 0.15) is 54.1 Å². The number of nitro benzene ring substituents is 1. The molecule has 0 saturated carbocycles. The summed E-state index contributed by atoms with van der Waals surface area (Å²) >= 11 is 5.28. The first kappa shape index (κ1) is 26.3. The molecule has 0 radical (unpaired) electrons. The van der Waals surface area contributed by atoms with Crippen molar-refractivity contribution in [2.45, 2.75) is 39.2 Å². The van der Waals surface area contributed by atoms with Crippen molar-refractivity contribution in [1.29, 1.82) is 0 Å². The van der Waals surface area contributed by atoms with E-state index in [0.717, 1.165) is 48.2 Å². The van der Waals surface area contributed by atoms with Crippen molar-refractivity contribution in [3.8, 4) is 11.5 Å². The zero-order chi connectivity index (χ0) is 27.5. The average Bonchev–Trinajstić information content (AvgIpc) is 3.62. The van der Waals surface area contributed by atoms with E-state index in [1.54, 1.807) is 12.1 Å². The highest BCUT2D eigenvalue weighted by atomic mass is 32.1. The SMILES string of the molecule is CC(C)c1ccc2oc(-c3ccc(CNC(=S)NC(=O)c4ccc(N5CCCC5)c([N+](=O)[O-])c4)cc3)nc2c1. The smallest absolute Gasteiger partial charge is 0.293 e. The number of hydrogen-bond donors (Lipinski definition) is 2. The third-order valence-electron chi connectivity index (χ3n) is 6.84. The zero-order valence-corrected chi connectivity index (χ0v) is 22.6. The lowest BCUT2D eigenvalue weighted by Gasteiger charge is -2.18. The van der Waals surface area contributed by atoms with Crippen molar-refractivity contribution in [3.05, 3.63) is 87.5 Å². The van der Waals surface area contributed by atoms with E-state index in [1.807, 2.05) is 35.2 Å². The van der Waals surface area contributed by atoms with Crippen LogP contribution in [0.15, 0.2) is 65.1 Å². The monoisotopic (exact) mass is 543 g/mol. The lowest BCUT2D eigenvalue weighted by atomic mass is 10.0. The molecule has 4 aromatic rings. The molecule has 1 saturated heterocycles. The molecule has 2 N–H and O–H groups in total. The number of fused-ring (bicyclic) bond motifs is 1. The Morgan fingerprint density at radius 1 is 1.10 bits per heavy atom. The number of carbonyl (C=O) groups excluding carboxylic acids is 1. The predicted molar refractivity (Wildman–Crippen MR) is 155 cm³/mol. The minimum absolute atomic E-state index is 0.0807.